The molecule has 314 valence electrons. The second kappa shape index (κ2) is 24.7. The molecule has 4 aromatic carbocycles. The molecule has 0 unspecified atom stereocenters. The Labute approximate surface area is 370 Å². The number of benzene rings is 4. The van der Waals surface area contributed by atoms with E-state index in [1.165, 1.54) is 27.5 Å². The van der Waals surface area contributed by atoms with Crippen molar-refractivity contribution in [3.63, 3.8) is 0 Å². The number of allylic oxidation sites excluding steroid dienone is 1. The van der Waals surface area contributed by atoms with Crippen LogP contribution >= 0.6 is 0 Å². The third-order valence-electron chi connectivity index (χ3n) is 10.8. The molecule has 5 aromatic rings. The Bertz CT molecular complexity index is 2120. The number of aromatic nitrogens is 1. The summed E-state index contributed by atoms with van der Waals surface area (Å²) < 4.78 is 0. The maximum Gasteiger partial charge on any atom is 3.00 e. The van der Waals surface area contributed by atoms with Crippen LogP contribution in [0.2, 0.25) is 0 Å². The molecule has 1 heterocycles. The molecule has 5 rings (SSSR count). The molecule has 0 aliphatic heterocycles. The van der Waals surface area contributed by atoms with Gasteiger partial charge in [0, 0.05) is 18.0 Å². The summed E-state index contributed by atoms with van der Waals surface area (Å²) in [6, 6.07) is 30.0. The van der Waals surface area contributed by atoms with E-state index < -0.39 is 0 Å². The summed E-state index contributed by atoms with van der Waals surface area (Å²) in [4.78, 5) is 28.1. The minimum atomic E-state index is 0. The first-order valence-electron chi connectivity index (χ1n) is 21.4. The molecular weight excluding hydrogens is 901 g/mol. The van der Waals surface area contributed by atoms with Gasteiger partial charge < -0.3 is 10.4 Å². The van der Waals surface area contributed by atoms with E-state index in [1.54, 1.807) is 0 Å². The van der Waals surface area contributed by atoms with E-state index in [4.69, 9.17) is 0 Å². The summed E-state index contributed by atoms with van der Waals surface area (Å²) in [5.41, 5.74) is 12.2. The smallest absolute Gasteiger partial charge is 0.855 e. The Morgan fingerprint density at radius 3 is 1.73 bits per heavy atom. The van der Waals surface area contributed by atoms with Crippen LogP contribution in [0.1, 0.15) is 156 Å². The van der Waals surface area contributed by atoms with Crippen molar-refractivity contribution in [2.24, 2.45) is 11.8 Å². The van der Waals surface area contributed by atoms with E-state index in [0.29, 0.717) is 11.8 Å². The van der Waals surface area contributed by atoms with Crippen LogP contribution in [0.3, 0.4) is 0 Å². The van der Waals surface area contributed by atoms with Gasteiger partial charge in [-0.1, -0.05) is 137 Å². The molecule has 5 heteroatoms. The average molecular weight is 968 g/mol. The van der Waals surface area contributed by atoms with Gasteiger partial charge in [0.25, 0.3) is 0 Å². The number of fused-ring (bicyclic) bond motifs is 1. The van der Waals surface area contributed by atoms with Gasteiger partial charge in [-0.25, -0.2) is 5.71 Å². The molecule has 0 saturated heterocycles. The summed E-state index contributed by atoms with van der Waals surface area (Å²) in [5, 5.41) is 13.2. The van der Waals surface area contributed by atoms with Crippen molar-refractivity contribution in [2.75, 3.05) is 0 Å². The van der Waals surface area contributed by atoms with Gasteiger partial charge in [0.2, 0.25) is 0 Å². The molecule has 0 saturated carbocycles. The van der Waals surface area contributed by atoms with E-state index in [9.17, 15) is 15.0 Å². The quantitative estimate of drug-likeness (QED) is 0.0632. The van der Waals surface area contributed by atoms with Crippen molar-refractivity contribution >= 4 is 34.1 Å². The number of rotatable bonds is 14. The molecule has 4 nitrogen and oxygen atoms in total. The van der Waals surface area contributed by atoms with Gasteiger partial charge >= 0.3 is 20.1 Å². The van der Waals surface area contributed by atoms with Crippen molar-refractivity contribution in [3.05, 3.63) is 147 Å². The zero-order chi connectivity index (χ0) is 43.1. The normalized spacial score (nSPS) is 11.1. The van der Waals surface area contributed by atoms with E-state index in [-0.39, 0.29) is 55.6 Å². The first-order chi connectivity index (χ1) is 27.6. The number of nitrogens with zero attached hydrogens (tertiary/aromatic N) is 2. The number of ketones is 2. The van der Waals surface area contributed by atoms with Gasteiger partial charge in [0.05, 0.1) is 6.42 Å². The van der Waals surface area contributed by atoms with Crippen LogP contribution in [0.5, 0.6) is 0 Å². The SMILES string of the molecule is C/C=C\c1cc(C(C)C)ccc1C(=[N-])c1[c-]c(C)cc(C)c1.CCC(CC)C(=O)CC(=O)C(CC)CC.Cc1[c-]c(-c2nccc3cc(C(C)C)ccc23)cc(C)c1.[Ir+3]. The van der Waals surface area contributed by atoms with E-state index in [0.717, 1.165) is 70.3 Å². The molecule has 0 amide bonds. The van der Waals surface area contributed by atoms with Gasteiger partial charge in [-0.2, -0.15) is 5.56 Å². The standard InChI is InChI=1S/C21H23N.C20H20N.C13H24O2.Ir/c1-6-7-18-13-17(14(2)3)8-9-20(18)21(22)19-11-15(4)10-16(5)12-19;1-13(2)16-5-6-19-17(12-16)7-8-21-20(19)18-10-14(3)9-15(4)11-18;1-5-10(6-2)12(14)9-13(15)11(7-3)8-4;/h6-11,13-14H,1-5H3;5-10,12-13H,1-4H3;10-11H,5-9H2,1-4H3;/q-2;-1;;+3/b7-6-;;;. The monoisotopic (exact) mass is 968 g/mol. The van der Waals surface area contributed by atoms with Crippen molar-refractivity contribution < 1.29 is 29.7 Å². The Morgan fingerprint density at radius 2 is 1.22 bits per heavy atom. The van der Waals surface area contributed by atoms with Crippen molar-refractivity contribution in [3.8, 4) is 11.3 Å². The zero-order valence-corrected chi connectivity index (χ0v) is 40.4. The number of pyridine rings is 1. The minimum Gasteiger partial charge on any atom is -0.855 e. The van der Waals surface area contributed by atoms with Gasteiger partial charge in [-0.15, -0.1) is 64.2 Å². The predicted octanol–water partition coefficient (Wildman–Crippen LogP) is 14.5. The summed E-state index contributed by atoms with van der Waals surface area (Å²) in [6.45, 7) is 27.1. The van der Waals surface area contributed by atoms with Crippen LogP contribution in [0.25, 0.3) is 33.5 Å². The fraction of sp³-hybridized carbons (Fsp3) is 0.407. The van der Waals surface area contributed by atoms with Gasteiger partial charge in [-0.3, -0.25) is 9.59 Å². The summed E-state index contributed by atoms with van der Waals surface area (Å²) >= 11 is 0. The maximum absolute atomic E-state index is 11.7. The topological polar surface area (TPSA) is 69.3 Å². The third-order valence-corrected chi connectivity index (χ3v) is 10.8. The number of carbonyl (C=O) groups is 2. The number of hydrogen-bond donors (Lipinski definition) is 0. The first-order valence-corrected chi connectivity index (χ1v) is 21.4. The van der Waals surface area contributed by atoms with Crippen LogP contribution in [-0.2, 0) is 29.7 Å². The molecule has 0 radical (unpaired) electrons. The number of carbonyl (C=O) groups excluding carboxylic acids is 2. The van der Waals surface area contributed by atoms with Crippen molar-refractivity contribution in [1.29, 1.82) is 0 Å². The molecule has 0 fully saturated rings. The fourth-order valence-electron chi connectivity index (χ4n) is 7.38. The Hall–Kier alpha value is -4.31. The molecule has 1 aromatic heterocycles. The van der Waals surface area contributed by atoms with E-state index in [2.05, 4.69) is 113 Å². The summed E-state index contributed by atoms with van der Waals surface area (Å²) in [7, 11) is 0. The third kappa shape index (κ3) is 14.7. The fourth-order valence-corrected chi connectivity index (χ4v) is 7.38. The minimum absolute atomic E-state index is 0. The van der Waals surface area contributed by atoms with Crippen LogP contribution in [0.4, 0.5) is 0 Å². The molecule has 0 aliphatic carbocycles. The summed E-state index contributed by atoms with van der Waals surface area (Å²) in [5.74, 6) is 1.45. The van der Waals surface area contributed by atoms with E-state index >= 15 is 0 Å². The van der Waals surface area contributed by atoms with Crippen LogP contribution in [-0.4, -0.2) is 22.3 Å². The number of aryl methyl sites for hydroxylation is 4. The predicted molar refractivity (Wildman–Crippen MR) is 249 cm³/mol. The van der Waals surface area contributed by atoms with Crippen LogP contribution < -0.4 is 0 Å². The Morgan fingerprint density at radius 1 is 0.695 bits per heavy atom. The molecule has 0 N–H and O–H groups in total. The van der Waals surface area contributed by atoms with Crippen LogP contribution in [0, 0.1) is 51.7 Å². The average Bonchev–Trinajstić information content (AvgIpc) is 3.18. The molecule has 0 aliphatic rings. The number of hydrogen-bond acceptors (Lipinski definition) is 3. The second-order valence-corrected chi connectivity index (χ2v) is 16.3. The second-order valence-electron chi connectivity index (χ2n) is 16.3. The largest absolute Gasteiger partial charge is 3.00 e. The van der Waals surface area contributed by atoms with Gasteiger partial charge in [0.1, 0.15) is 11.6 Å². The van der Waals surface area contributed by atoms with Crippen molar-refractivity contribution in [1.82, 2.24) is 4.98 Å². The van der Waals surface area contributed by atoms with E-state index in [1.807, 2.05) is 78.9 Å². The van der Waals surface area contributed by atoms with Gasteiger partial charge in [0.15, 0.2) is 0 Å². The van der Waals surface area contributed by atoms with Gasteiger partial charge in [-0.05, 0) is 83.7 Å². The van der Waals surface area contributed by atoms with Crippen LogP contribution in [0.15, 0.2) is 79.0 Å². The Kier molecular flexibility index (Phi) is 21.3. The molecule has 0 bridgehead atoms. The maximum atomic E-state index is 11.7. The molecule has 59 heavy (non-hydrogen) atoms. The molecule has 0 atom stereocenters. The first kappa shape index (κ1) is 50.8. The Balaban J connectivity index is 0.000000309. The van der Waals surface area contributed by atoms with Crippen molar-refractivity contribution in [2.45, 2.75) is 134 Å². The molecular formula is C54H67IrN2O2. The summed E-state index contributed by atoms with van der Waals surface area (Å²) in [6.07, 6.45) is 9.50. The zero-order valence-electron chi connectivity index (χ0n) is 38.0. The number of Topliss-reactive ketones (excluding diaryl/α,β-unsaturated/α-hetero) is 2. The molecule has 0 spiro atoms.